The summed E-state index contributed by atoms with van der Waals surface area (Å²) in [6.45, 7) is 8.93. The smallest absolute Gasteiger partial charge is 0.304 e. The number of para-hydroxylation sites is 1. The summed E-state index contributed by atoms with van der Waals surface area (Å²) in [6.07, 6.45) is 0. The summed E-state index contributed by atoms with van der Waals surface area (Å²) in [5.41, 5.74) is 1.77. The molecule has 0 radical (unpaired) electrons. The molecule has 0 aliphatic rings. The number of carbonyl (C=O) groups is 2. The summed E-state index contributed by atoms with van der Waals surface area (Å²) < 4.78 is 28.3. The summed E-state index contributed by atoms with van der Waals surface area (Å²) >= 11 is 0. The van der Waals surface area contributed by atoms with Crippen LogP contribution in [0.25, 0.3) is 0 Å². The molecule has 0 spiro atoms. The molecule has 0 aliphatic carbocycles. The fourth-order valence-corrected chi connectivity index (χ4v) is 4.43. The minimum Gasteiger partial charge on any atom is -0.350 e. The first kappa shape index (κ1) is 27.3. The lowest BCUT2D eigenvalue weighted by atomic mass is 10.1. The number of benzene rings is 2. The Hall–Kier alpha value is -2.91. The molecule has 0 saturated heterocycles. The lowest BCUT2D eigenvalue weighted by Crippen LogP contribution is -2.54. The maximum atomic E-state index is 13.6. The van der Waals surface area contributed by atoms with Crippen LogP contribution in [0.5, 0.6) is 0 Å². The van der Waals surface area contributed by atoms with E-state index in [2.05, 4.69) is 5.32 Å². The molecule has 0 fully saturated rings. The molecule has 0 aliphatic heterocycles. The average Bonchev–Trinajstić information content (AvgIpc) is 2.74. The molecule has 186 valence electrons. The highest BCUT2D eigenvalue weighted by molar-refractivity contribution is 7.90. The standard InChI is InChI=1S/C25H36N4O4S/c1-19-12-11-13-21(16-19)17-28(20(2)24(31)26-25(3,4)5)23(30)18-29(34(32,33)27(6)7)22-14-9-8-10-15-22/h8-16,20H,17-18H2,1-7H3,(H,26,31)/t20-/m1/s1. The van der Waals surface area contributed by atoms with Crippen LogP contribution in [0.2, 0.25) is 0 Å². The molecule has 0 heterocycles. The first-order chi connectivity index (χ1) is 15.7. The van der Waals surface area contributed by atoms with E-state index in [0.29, 0.717) is 5.69 Å². The molecule has 0 bridgehead atoms. The van der Waals surface area contributed by atoms with Gasteiger partial charge < -0.3 is 10.2 Å². The van der Waals surface area contributed by atoms with Crippen molar-refractivity contribution in [2.45, 2.75) is 52.7 Å². The number of hydrogen-bond acceptors (Lipinski definition) is 4. The predicted molar refractivity (Wildman–Crippen MR) is 135 cm³/mol. The zero-order valence-corrected chi connectivity index (χ0v) is 21.9. The predicted octanol–water partition coefficient (Wildman–Crippen LogP) is 2.94. The Labute approximate surface area is 203 Å². The van der Waals surface area contributed by atoms with Gasteiger partial charge in [-0.2, -0.15) is 12.7 Å². The molecule has 2 aromatic carbocycles. The molecule has 2 amide bonds. The summed E-state index contributed by atoms with van der Waals surface area (Å²) in [5, 5.41) is 2.91. The van der Waals surface area contributed by atoms with E-state index >= 15 is 0 Å². The van der Waals surface area contributed by atoms with Gasteiger partial charge in [0.15, 0.2) is 0 Å². The summed E-state index contributed by atoms with van der Waals surface area (Å²) in [4.78, 5) is 28.0. The van der Waals surface area contributed by atoms with Crippen LogP contribution < -0.4 is 9.62 Å². The van der Waals surface area contributed by atoms with Gasteiger partial charge in [-0.05, 0) is 52.3 Å². The zero-order chi connectivity index (χ0) is 25.7. The lowest BCUT2D eigenvalue weighted by molar-refractivity contribution is -0.140. The molecule has 9 heteroatoms. The molecule has 0 unspecified atom stereocenters. The van der Waals surface area contributed by atoms with Gasteiger partial charge in [-0.25, -0.2) is 4.31 Å². The van der Waals surface area contributed by atoms with Crippen molar-refractivity contribution in [1.29, 1.82) is 0 Å². The van der Waals surface area contributed by atoms with Gasteiger partial charge >= 0.3 is 10.2 Å². The van der Waals surface area contributed by atoms with Gasteiger partial charge in [-0.1, -0.05) is 48.0 Å². The average molecular weight is 489 g/mol. The Morgan fingerprint density at radius 3 is 2.15 bits per heavy atom. The van der Waals surface area contributed by atoms with Crippen molar-refractivity contribution in [1.82, 2.24) is 14.5 Å². The topological polar surface area (TPSA) is 90.0 Å². The second kappa shape index (κ2) is 11.0. The lowest BCUT2D eigenvalue weighted by Gasteiger charge is -2.34. The maximum absolute atomic E-state index is 13.6. The molecule has 2 aromatic rings. The van der Waals surface area contributed by atoms with Crippen molar-refractivity contribution >= 4 is 27.7 Å². The second-order valence-electron chi connectivity index (χ2n) is 9.56. The van der Waals surface area contributed by atoms with E-state index in [-0.39, 0.29) is 12.5 Å². The quantitative estimate of drug-likeness (QED) is 0.588. The van der Waals surface area contributed by atoms with Crippen LogP contribution in [0.1, 0.15) is 38.8 Å². The van der Waals surface area contributed by atoms with Crippen molar-refractivity contribution in [2.75, 3.05) is 24.9 Å². The largest absolute Gasteiger partial charge is 0.350 e. The van der Waals surface area contributed by atoms with Crippen molar-refractivity contribution in [3.8, 4) is 0 Å². The molecule has 0 saturated carbocycles. The molecule has 8 nitrogen and oxygen atoms in total. The molecule has 34 heavy (non-hydrogen) atoms. The monoisotopic (exact) mass is 488 g/mol. The minimum atomic E-state index is -3.96. The van der Waals surface area contributed by atoms with E-state index in [0.717, 1.165) is 19.7 Å². The van der Waals surface area contributed by atoms with Gasteiger partial charge in [0.25, 0.3) is 0 Å². The third kappa shape index (κ3) is 7.30. The third-order valence-electron chi connectivity index (χ3n) is 5.16. The number of nitrogens with zero attached hydrogens (tertiary/aromatic N) is 3. The molecule has 1 atom stereocenters. The molecule has 1 N–H and O–H groups in total. The Morgan fingerprint density at radius 1 is 1.00 bits per heavy atom. The highest BCUT2D eigenvalue weighted by Crippen LogP contribution is 2.20. The van der Waals surface area contributed by atoms with Crippen LogP contribution in [-0.4, -0.2) is 61.7 Å². The minimum absolute atomic E-state index is 0.171. The van der Waals surface area contributed by atoms with Crippen molar-refractivity contribution in [2.24, 2.45) is 0 Å². The number of anilines is 1. The Bertz CT molecular complexity index is 1100. The van der Waals surface area contributed by atoms with Gasteiger partial charge in [0.2, 0.25) is 11.8 Å². The van der Waals surface area contributed by atoms with Crippen molar-refractivity contribution < 1.29 is 18.0 Å². The van der Waals surface area contributed by atoms with E-state index in [4.69, 9.17) is 0 Å². The van der Waals surface area contributed by atoms with Crippen molar-refractivity contribution in [3.63, 3.8) is 0 Å². The van der Waals surface area contributed by atoms with Crippen LogP contribution in [0.15, 0.2) is 54.6 Å². The first-order valence-electron chi connectivity index (χ1n) is 11.1. The van der Waals surface area contributed by atoms with E-state index in [9.17, 15) is 18.0 Å². The van der Waals surface area contributed by atoms with Crippen LogP contribution in [0, 0.1) is 6.92 Å². The maximum Gasteiger partial charge on any atom is 0.304 e. The zero-order valence-electron chi connectivity index (χ0n) is 21.1. The fourth-order valence-electron chi connectivity index (χ4n) is 3.37. The summed E-state index contributed by atoms with van der Waals surface area (Å²) in [5.74, 6) is -0.789. The number of hydrogen-bond donors (Lipinski definition) is 1. The van der Waals surface area contributed by atoms with Crippen LogP contribution >= 0.6 is 0 Å². The molecular weight excluding hydrogens is 452 g/mol. The van der Waals surface area contributed by atoms with Crippen molar-refractivity contribution in [3.05, 3.63) is 65.7 Å². The van der Waals surface area contributed by atoms with E-state index in [1.807, 2.05) is 52.0 Å². The number of rotatable bonds is 9. The van der Waals surface area contributed by atoms with Gasteiger partial charge in [-0.15, -0.1) is 0 Å². The fraction of sp³-hybridized carbons (Fsp3) is 0.440. The number of nitrogens with one attached hydrogen (secondary N) is 1. The number of amides is 2. The van der Waals surface area contributed by atoms with Gasteiger partial charge in [0.1, 0.15) is 12.6 Å². The van der Waals surface area contributed by atoms with Gasteiger partial charge in [0, 0.05) is 26.2 Å². The summed E-state index contributed by atoms with van der Waals surface area (Å²) in [7, 11) is -1.12. The molecular formula is C25H36N4O4S. The number of carbonyl (C=O) groups excluding carboxylic acids is 2. The molecule has 2 rings (SSSR count). The van der Waals surface area contributed by atoms with E-state index < -0.39 is 34.2 Å². The van der Waals surface area contributed by atoms with Gasteiger partial charge in [0.05, 0.1) is 5.69 Å². The van der Waals surface area contributed by atoms with E-state index in [1.54, 1.807) is 37.3 Å². The Kier molecular flexibility index (Phi) is 8.85. The Morgan fingerprint density at radius 2 is 1.62 bits per heavy atom. The highest BCUT2D eigenvalue weighted by Gasteiger charge is 2.33. The molecule has 0 aromatic heterocycles. The van der Waals surface area contributed by atoms with Crippen LogP contribution in [0.3, 0.4) is 0 Å². The van der Waals surface area contributed by atoms with Crippen LogP contribution in [-0.2, 0) is 26.3 Å². The second-order valence-corrected chi connectivity index (χ2v) is 11.6. The number of aryl methyl sites for hydroxylation is 1. The third-order valence-corrected chi connectivity index (χ3v) is 6.98. The first-order valence-corrected chi connectivity index (χ1v) is 12.5. The van der Waals surface area contributed by atoms with Crippen LogP contribution in [0.4, 0.5) is 5.69 Å². The van der Waals surface area contributed by atoms with E-state index in [1.165, 1.54) is 19.0 Å². The summed E-state index contributed by atoms with van der Waals surface area (Å²) in [6, 6.07) is 15.3. The SMILES string of the molecule is Cc1cccc(CN(C(=O)CN(c2ccccc2)S(=O)(=O)N(C)C)[C@H](C)C(=O)NC(C)(C)C)c1. The normalized spacial score (nSPS) is 12.8. The highest BCUT2D eigenvalue weighted by atomic mass is 32.2. The Balaban J connectivity index is 2.44. The van der Waals surface area contributed by atoms with Gasteiger partial charge in [-0.3, -0.25) is 9.59 Å².